The number of halogens is 1. The van der Waals surface area contributed by atoms with Gasteiger partial charge in [0, 0.05) is 29.5 Å². The molecule has 0 bridgehead atoms. The van der Waals surface area contributed by atoms with Gasteiger partial charge in [-0.05, 0) is 61.6 Å². The molecular weight excluding hydrogens is 346 g/mol. The SMILES string of the molecule is C[C@@H]1CCCN(c2ccc([C@H](C)NC(=O)Nc3cccc(Cl)c3)cc2)C1. The van der Waals surface area contributed by atoms with Gasteiger partial charge in [0.1, 0.15) is 0 Å². The maximum atomic E-state index is 12.2. The quantitative estimate of drug-likeness (QED) is 0.749. The van der Waals surface area contributed by atoms with Crippen LogP contribution in [0.15, 0.2) is 48.5 Å². The number of benzene rings is 2. The van der Waals surface area contributed by atoms with E-state index in [4.69, 9.17) is 11.6 Å². The number of piperidine rings is 1. The molecule has 2 aromatic carbocycles. The smallest absolute Gasteiger partial charge is 0.319 e. The van der Waals surface area contributed by atoms with Crippen molar-refractivity contribution in [2.75, 3.05) is 23.3 Å². The van der Waals surface area contributed by atoms with Crippen molar-refractivity contribution in [2.24, 2.45) is 5.92 Å². The summed E-state index contributed by atoms with van der Waals surface area (Å²) in [4.78, 5) is 14.6. The zero-order valence-electron chi connectivity index (χ0n) is 15.3. The molecule has 2 amide bonds. The van der Waals surface area contributed by atoms with Gasteiger partial charge >= 0.3 is 6.03 Å². The monoisotopic (exact) mass is 371 g/mol. The third-order valence-electron chi connectivity index (χ3n) is 4.85. The standard InChI is InChI=1S/C21H26ClN3O/c1-15-5-4-12-25(14-15)20-10-8-17(9-11-20)16(2)23-21(26)24-19-7-3-6-18(22)13-19/h3,6-11,13,15-16H,4-5,12,14H2,1-2H3,(H2,23,24,26)/t15-,16+/m1/s1. The van der Waals surface area contributed by atoms with E-state index < -0.39 is 0 Å². The second kappa shape index (κ2) is 8.45. The Balaban J connectivity index is 1.57. The fourth-order valence-corrected chi connectivity index (χ4v) is 3.60. The van der Waals surface area contributed by atoms with E-state index in [0.29, 0.717) is 10.7 Å². The fourth-order valence-electron chi connectivity index (χ4n) is 3.41. The van der Waals surface area contributed by atoms with Crippen LogP contribution < -0.4 is 15.5 Å². The lowest BCUT2D eigenvalue weighted by Crippen LogP contribution is -2.34. The minimum Gasteiger partial charge on any atom is -0.371 e. The molecule has 0 saturated carbocycles. The number of nitrogens with zero attached hydrogens (tertiary/aromatic N) is 1. The third kappa shape index (κ3) is 4.92. The van der Waals surface area contributed by atoms with Gasteiger partial charge in [-0.25, -0.2) is 4.79 Å². The molecule has 0 unspecified atom stereocenters. The molecule has 2 aromatic rings. The molecule has 1 heterocycles. The molecule has 1 saturated heterocycles. The maximum absolute atomic E-state index is 12.2. The van der Waals surface area contributed by atoms with E-state index in [-0.39, 0.29) is 12.1 Å². The maximum Gasteiger partial charge on any atom is 0.319 e. The van der Waals surface area contributed by atoms with Crippen molar-refractivity contribution < 1.29 is 4.79 Å². The molecule has 0 radical (unpaired) electrons. The van der Waals surface area contributed by atoms with Crippen molar-refractivity contribution in [1.29, 1.82) is 0 Å². The summed E-state index contributed by atoms with van der Waals surface area (Å²) in [5.41, 5.74) is 3.02. The largest absolute Gasteiger partial charge is 0.371 e. The number of anilines is 2. The summed E-state index contributed by atoms with van der Waals surface area (Å²) in [5.74, 6) is 0.749. The minimum atomic E-state index is -0.242. The normalized spacial score (nSPS) is 18.3. The second-order valence-electron chi connectivity index (χ2n) is 7.12. The molecule has 4 nitrogen and oxygen atoms in total. The van der Waals surface area contributed by atoms with Crippen LogP contribution in [0, 0.1) is 5.92 Å². The molecule has 1 fully saturated rings. The molecule has 0 spiro atoms. The van der Waals surface area contributed by atoms with Gasteiger partial charge in [-0.1, -0.05) is 36.7 Å². The molecule has 1 aliphatic heterocycles. The summed E-state index contributed by atoms with van der Waals surface area (Å²) in [6, 6.07) is 15.3. The van der Waals surface area contributed by atoms with E-state index in [1.165, 1.54) is 18.5 Å². The number of urea groups is 1. The fraction of sp³-hybridized carbons (Fsp3) is 0.381. The van der Waals surface area contributed by atoms with Gasteiger partial charge < -0.3 is 15.5 Å². The third-order valence-corrected chi connectivity index (χ3v) is 5.08. The second-order valence-corrected chi connectivity index (χ2v) is 7.55. The Kier molecular flexibility index (Phi) is 6.04. The van der Waals surface area contributed by atoms with Gasteiger partial charge in [-0.15, -0.1) is 0 Å². The van der Waals surface area contributed by atoms with Crippen LogP contribution in [0.1, 0.15) is 38.3 Å². The Bertz CT molecular complexity index is 747. The van der Waals surface area contributed by atoms with Crippen LogP contribution in [0.2, 0.25) is 5.02 Å². The Morgan fingerprint density at radius 2 is 2.00 bits per heavy atom. The molecule has 0 aromatic heterocycles. The first-order valence-corrected chi connectivity index (χ1v) is 9.57. The van der Waals surface area contributed by atoms with Crippen LogP contribution in [-0.2, 0) is 0 Å². The number of nitrogens with one attached hydrogen (secondary N) is 2. The van der Waals surface area contributed by atoms with E-state index in [2.05, 4.69) is 46.7 Å². The average molecular weight is 372 g/mol. The molecule has 26 heavy (non-hydrogen) atoms. The van der Waals surface area contributed by atoms with Gasteiger partial charge in [0.2, 0.25) is 0 Å². The van der Waals surface area contributed by atoms with Crippen LogP contribution >= 0.6 is 11.6 Å². The van der Waals surface area contributed by atoms with Gasteiger partial charge in [-0.3, -0.25) is 0 Å². The first kappa shape index (κ1) is 18.6. The minimum absolute atomic E-state index is 0.0801. The van der Waals surface area contributed by atoms with Crippen molar-refractivity contribution in [1.82, 2.24) is 5.32 Å². The van der Waals surface area contributed by atoms with E-state index in [9.17, 15) is 4.79 Å². The van der Waals surface area contributed by atoms with Gasteiger partial charge in [0.25, 0.3) is 0 Å². The van der Waals surface area contributed by atoms with Crippen molar-refractivity contribution in [2.45, 2.75) is 32.7 Å². The molecule has 138 valence electrons. The highest BCUT2D eigenvalue weighted by Crippen LogP contribution is 2.24. The Labute approximate surface area is 160 Å². The first-order chi connectivity index (χ1) is 12.5. The van der Waals surface area contributed by atoms with Crippen molar-refractivity contribution in [3.63, 3.8) is 0 Å². The van der Waals surface area contributed by atoms with E-state index in [0.717, 1.165) is 24.6 Å². The van der Waals surface area contributed by atoms with Gasteiger partial charge in [0.15, 0.2) is 0 Å². The highest BCUT2D eigenvalue weighted by molar-refractivity contribution is 6.30. The molecule has 3 rings (SSSR count). The Hall–Kier alpha value is -2.20. The summed E-state index contributed by atoms with van der Waals surface area (Å²) in [6.45, 7) is 6.54. The molecule has 1 aliphatic rings. The summed E-state index contributed by atoms with van der Waals surface area (Å²) in [5, 5.41) is 6.37. The number of carbonyl (C=O) groups excluding carboxylic acids is 1. The lowest BCUT2D eigenvalue weighted by atomic mass is 9.99. The zero-order valence-corrected chi connectivity index (χ0v) is 16.1. The molecule has 2 N–H and O–H groups in total. The Morgan fingerprint density at radius 1 is 1.23 bits per heavy atom. The summed E-state index contributed by atoms with van der Waals surface area (Å²) in [6.07, 6.45) is 2.57. The molecular formula is C21H26ClN3O. The van der Waals surface area contributed by atoms with Crippen LogP contribution in [-0.4, -0.2) is 19.1 Å². The zero-order chi connectivity index (χ0) is 18.5. The predicted molar refractivity (Wildman–Crippen MR) is 109 cm³/mol. The predicted octanol–water partition coefficient (Wildman–Crippen LogP) is 5.46. The summed E-state index contributed by atoms with van der Waals surface area (Å²) < 4.78 is 0. The molecule has 5 heteroatoms. The molecule has 2 atom stereocenters. The highest BCUT2D eigenvalue weighted by atomic mass is 35.5. The number of hydrogen-bond donors (Lipinski definition) is 2. The lowest BCUT2D eigenvalue weighted by Gasteiger charge is -2.33. The van der Waals surface area contributed by atoms with Crippen molar-refractivity contribution >= 4 is 29.0 Å². The first-order valence-electron chi connectivity index (χ1n) is 9.19. The number of carbonyl (C=O) groups is 1. The van der Waals surface area contributed by atoms with Gasteiger partial charge in [-0.2, -0.15) is 0 Å². The lowest BCUT2D eigenvalue weighted by molar-refractivity contribution is 0.249. The van der Waals surface area contributed by atoms with Crippen molar-refractivity contribution in [3.05, 3.63) is 59.1 Å². The van der Waals surface area contributed by atoms with Crippen LogP contribution in [0.4, 0.5) is 16.2 Å². The number of amides is 2. The average Bonchev–Trinajstić information content (AvgIpc) is 2.61. The van der Waals surface area contributed by atoms with Gasteiger partial charge in [0.05, 0.1) is 6.04 Å². The van der Waals surface area contributed by atoms with Crippen LogP contribution in [0.25, 0.3) is 0 Å². The summed E-state index contributed by atoms with van der Waals surface area (Å²) in [7, 11) is 0. The summed E-state index contributed by atoms with van der Waals surface area (Å²) >= 11 is 5.94. The number of rotatable bonds is 4. The Morgan fingerprint density at radius 3 is 2.69 bits per heavy atom. The topological polar surface area (TPSA) is 44.4 Å². The van der Waals surface area contributed by atoms with Crippen LogP contribution in [0.5, 0.6) is 0 Å². The van der Waals surface area contributed by atoms with E-state index in [1.54, 1.807) is 12.1 Å². The highest BCUT2D eigenvalue weighted by Gasteiger charge is 2.17. The van der Waals surface area contributed by atoms with E-state index in [1.807, 2.05) is 19.1 Å². The number of hydrogen-bond acceptors (Lipinski definition) is 2. The van der Waals surface area contributed by atoms with E-state index >= 15 is 0 Å². The van der Waals surface area contributed by atoms with Crippen LogP contribution in [0.3, 0.4) is 0 Å². The molecule has 0 aliphatic carbocycles. The van der Waals surface area contributed by atoms with Crippen molar-refractivity contribution in [3.8, 4) is 0 Å².